The molecule has 0 aliphatic carbocycles. The van der Waals surface area contributed by atoms with Gasteiger partial charge in [-0.2, -0.15) is 0 Å². The van der Waals surface area contributed by atoms with Crippen molar-refractivity contribution in [2.45, 2.75) is 52.0 Å². The number of halogens is 1. The summed E-state index contributed by atoms with van der Waals surface area (Å²) in [7, 11) is 0. The van der Waals surface area contributed by atoms with E-state index in [1.165, 1.54) is 5.56 Å². The molecule has 3 rings (SSSR count). The van der Waals surface area contributed by atoms with Gasteiger partial charge in [-0.3, -0.25) is 4.79 Å². The molecule has 1 amide bonds. The second kappa shape index (κ2) is 10.1. The first-order chi connectivity index (χ1) is 13.4. The van der Waals surface area contributed by atoms with E-state index in [1.807, 2.05) is 23.7 Å². The van der Waals surface area contributed by atoms with Gasteiger partial charge >= 0.3 is 0 Å². The van der Waals surface area contributed by atoms with E-state index < -0.39 is 0 Å². The molecule has 1 aliphatic rings. The lowest BCUT2D eigenvalue weighted by atomic mass is 9.87. The molecular weight excluding hydrogens is 390 g/mol. The third kappa shape index (κ3) is 5.93. The molecule has 160 valence electrons. The van der Waals surface area contributed by atoms with Gasteiger partial charge in [-0.1, -0.05) is 38.1 Å². The average molecular weight is 422 g/mol. The number of carbonyl (C=O) groups excluding carboxylic acids is 1. The maximum atomic E-state index is 12.5. The van der Waals surface area contributed by atoms with E-state index in [-0.39, 0.29) is 23.7 Å². The van der Waals surface area contributed by atoms with E-state index in [0.717, 1.165) is 37.4 Å². The molecule has 2 heterocycles. The molecular formula is C21H32ClN5O2. The van der Waals surface area contributed by atoms with Gasteiger partial charge in [0.25, 0.3) is 5.91 Å². The van der Waals surface area contributed by atoms with Gasteiger partial charge in [-0.05, 0) is 56.0 Å². The number of nitrogens with one attached hydrogen (secondary N) is 2. The molecule has 29 heavy (non-hydrogen) atoms. The minimum Gasteiger partial charge on any atom is -0.492 e. The molecule has 7 nitrogen and oxygen atoms in total. The van der Waals surface area contributed by atoms with Crippen LogP contribution >= 0.6 is 12.4 Å². The van der Waals surface area contributed by atoms with Gasteiger partial charge in [-0.25, -0.2) is 4.68 Å². The number of amides is 1. The third-order valence-corrected chi connectivity index (χ3v) is 5.15. The Balaban J connectivity index is 0.00000300. The Bertz CT molecular complexity index is 810. The van der Waals surface area contributed by atoms with Gasteiger partial charge < -0.3 is 15.4 Å². The Morgan fingerprint density at radius 1 is 1.31 bits per heavy atom. The van der Waals surface area contributed by atoms with E-state index in [2.05, 4.69) is 53.8 Å². The second-order valence-corrected chi connectivity index (χ2v) is 8.33. The van der Waals surface area contributed by atoms with Crippen LogP contribution in [-0.2, 0) is 5.41 Å². The topological polar surface area (TPSA) is 81.1 Å². The number of nitrogens with zero attached hydrogens (tertiary/aromatic N) is 3. The fourth-order valence-corrected chi connectivity index (χ4v) is 3.42. The molecule has 0 radical (unpaired) electrons. The molecule has 1 aromatic carbocycles. The fraction of sp³-hybridized carbons (Fsp3) is 0.571. The lowest BCUT2D eigenvalue weighted by molar-refractivity contribution is 0.0941. The normalized spacial score (nSPS) is 14.9. The monoisotopic (exact) mass is 421 g/mol. The Morgan fingerprint density at radius 3 is 2.72 bits per heavy atom. The fourth-order valence-electron chi connectivity index (χ4n) is 3.42. The molecule has 2 aromatic rings. The van der Waals surface area contributed by atoms with Crippen molar-refractivity contribution in [2.75, 3.05) is 26.2 Å². The van der Waals surface area contributed by atoms with Gasteiger partial charge in [0.1, 0.15) is 12.4 Å². The summed E-state index contributed by atoms with van der Waals surface area (Å²) in [5.74, 6) is 0.611. The zero-order valence-electron chi connectivity index (χ0n) is 17.7. The molecule has 0 bridgehead atoms. The molecule has 1 fully saturated rings. The van der Waals surface area contributed by atoms with E-state index in [1.54, 1.807) is 0 Å². The summed E-state index contributed by atoms with van der Waals surface area (Å²) in [5.41, 5.74) is 2.52. The van der Waals surface area contributed by atoms with Crippen molar-refractivity contribution in [2.24, 2.45) is 0 Å². The minimum absolute atomic E-state index is 0. The van der Waals surface area contributed by atoms with Crippen LogP contribution in [0, 0.1) is 6.92 Å². The lowest BCUT2D eigenvalue weighted by Crippen LogP contribution is -2.31. The van der Waals surface area contributed by atoms with Gasteiger partial charge in [-0.15, -0.1) is 17.5 Å². The minimum atomic E-state index is -0.204. The van der Waals surface area contributed by atoms with Crippen LogP contribution in [0.1, 0.15) is 61.4 Å². The number of piperidine rings is 1. The van der Waals surface area contributed by atoms with Gasteiger partial charge in [0.05, 0.1) is 18.3 Å². The number of hydrogen-bond donors (Lipinski definition) is 2. The van der Waals surface area contributed by atoms with Crippen molar-refractivity contribution < 1.29 is 9.53 Å². The van der Waals surface area contributed by atoms with Crippen molar-refractivity contribution in [1.29, 1.82) is 0 Å². The summed E-state index contributed by atoms with van der Waals surface area (Å²) in [6.45, 7) is 11.2. The summed E-state index contributed by atoms with van der Waals surface area (Å²) >= 11 is 0. The highest BCUT2D eigenvalue weighted by Crippen LogP contribution is 2.25. The molecule has 1 aliphatic heterocycles. The zero-order valence-corrected chi connectivity index (χ0v) is 18.5. The Morgan fingerprint density at radius 2 is 2.03 bits per heavy atom. The van der Waals surface area contributed by atoms with Crippen LogP contribution in [0.5, 0.6) is 5.75 Å². The van der Waals surface area contributed by atoms with Crippen molar-refractivity contribution in [3.05, 3.63) is 41.2 Å². The summed E-state index contributed by atoms with van der Waals surface area (Å²) in [6.07, 6.45) is 2.01. The van der Waals surface area contributed by atoms with Crippen LogP contribution in [0.2, 0.25) is 0 Å². The highest BCUT2D eigenvalue weighted by atomic mass is 35.5. The van der Waals surface area contributed by atoms with Crippen LogP contribution in [0.25, 0.3) is 0 Å². The molecule has 0 spiro atoms. The van der Waals surface area contributed by atoms with Crippen LogP contribution < -0.4 is 15.4 Å². The quantitative estimate of drug-likeness (QED) is 0.700. The van der Waals surface area contributed by atoms with Gasteiger partial charge in [0.2, 0.25) is 0 Å². The molecule has 8 heteroatoms. The number of aromatic nitrogens is 3. The predicted molar refractivity (Wildman–Crippen MR) is 116 cm³/mol. The van der Waals surface area contributed by atoms with Crippen LogP contribution in [0.15, 0.2) is 24.3 Å². The number of ether oxygens (including phenoxy) is 1. The number of rotatable bonds is 6. The van der Waals surface area contributed by atoms with E-state index >= 15 is 0 Å². The van der Waals surface area contributed by atoms with Crippen molar-refractivity contribution in [1.82, 2.24) is 25.6 Å². The number of carbonyl (C=O) groups is 1. The molecule has 1 aromatic heterocycles. The smallest absolute Gasteiger partial charge is 0.273 e. The van der Waals surface area contributed by atoms with E-state index in [4.69, 9.17) is 4.74 Å². The second-order valence-electron chi connectivity index (χ2n) is 8.33. The van der Waals surface area contributed by atoms with Gasteiger partial charge in [0, 0.05) is 0 Å². The maximum absolute atomic E-state index is 12.5. The highest BCUT2D eigenvalue weighted by molar-refractivity contribution is 5.93. The Hall–Kier alpha value is -2.12. The number of hydrogen-bond acceptors (Lipinski definition) is 5. The van der Waals surface area contributed by atoms with Crippen LogP contribution in [0.4, 0.5) is 0 Å². The first-order valence-corrected chi connectivity index (χ1v) is 10.0. The van der Waals surface area contributed by atoms with E-state index in [0.29, 0.717) is 24.9 Å². The average Bonchev–Trinajstić information content (AvgIpc) is 3.07. The summed E-state index contributed by atoms with van der Waals surface area (Å²) < 4.78 is 7.69. The van der Waals surface area contributed by atoms with E-state index in [9.17, 15) is 4.79 Å². The predicted octanol–water partition coefficient (Wildman–Crippen LogP) is 3.04. The summed E-state index contributed by atoms with van der Waals surface area (Å²) in [5, 5.41) is 14.5. The standard InChI is InChI=1S/C21H31N5O2.ClH/c1-15-19(24-25-26(15)17-8-10-22-11-9-17)20(27)23-12-13-28-18-7-5-6-16(14-18)21(2,3)4;/h5-7,14,17,22H,8-13H2,1-4H3,(H,23,27);1H. The first kappa shape index (κ1) is 23.2. The maximum Gasteiger partial charge on any atom is 0.273 e. The molecule has 0 unspecified atom stereocenters. The van der Waals surface area contributed by atoms with Crippen LogP contribution in [0.3, 0.4) is 0 Å². The summed E-state index contributed by atoms with van der Waals surface area (Å²) in [4.78, 5) is 12.5. The zero-order chi connectivity index (χ0) is 20.1. The van der Waals surface area contributed by atoms with Gasteiger partial charge in [0.15, 0.2) is 5.69 Å². The molecule has 1 saturated heterocycles. The van der Waals surface area contributed by atoms with Crippen molar-refractivity contribution in [3.63, 3.8) is 0 Å². The SMILES string of the molecule is Cc1c(C(=O)NCCOc2cccc(C(C)(C)C)c2)nnn1C1CCNCC1.Cl. The Kier molecular flexibility index (Phi) is 8.05. The molecule has 0 saturated carbocycles. The Labute approximate surface area is 179 Å². The molecule has 0 atom stereocenters. The van der Waals surface area contributed by atoms with Crippen molar-refractivity contribution in [3.8, 4) is 5.75 Å². The molecule has 2 N–H and O–H groups in total. The lowest BCUT2D eigenvalue weighted by Gasteiger charge is -2.23. The van der Waals surface area contributed by atoms with Crippen molar-refractivity contribution >= 4 is 18.3 Å². The third-order valence-electron chi connectivity index (χ3n) is 5.15. The largest absolute Gasteiger partial charge is 0.492 e. The highest BCUT2D eigenvalue weighted by Gasteiger charge is 2.22. The first-order valence-electron chi connectivity index (χ1n) is 10.0. The summed E-state index contributed by atoms with van der Waals surface area (Å²) in [6, 6.07) is 8.40. The van der Waals surface area contributed by atoms with Crippen LogP contribution in [-0.4, -0.2) is 47.1 Å². The number of benzene rings is 1.